The van der Waals surface area contributed by atoms with Crippen molar-refractivity contribution >= 4 is 46.2 Å². The van der Waals surface area contributed by atoms with E-state index in [9.17, 15) is 9.18 Å². The Labute approximate surface area is 135 Å². The number of amidine groups is 1. The van der Waals surface area contributed by atoms with Crippen molar-refractivity contribution in [1.82, 2.24) is 5.32 Å². The van der Waals surface area contributed by atoms with Gasteiger partial charge in [0.05, 0.1) is 10.6 Å². The predicted octanol–water partition coefficient (Wildman–Crippen LogP) is 4.37. The van der Waals surface area contributed by atoms with Crippen LogP contribution in [0, 0.1) is 5.82 Å². The minimum atomic E-state index is -0.310. The van der Waals surface area contributed by atoms with E-state index in [0.717, 1.165) is 5.56 Å². The molecule has 0 saturated carbocycles. The molecule has 0 bridgehead atoms. The smallest absolute Gasteiger partial charge is 0.264 e. The lowest BCUT2D eigenvalue weighted by Gasteiger charge is -1.96. The molecule has 1 heterocycles. The summed E-state index contributed by atoms with van der Waals surface area (Å²) in [5.41, 5.74) is 1.46. The first-order chi connectivity index (χ1) is 10.6. The Kier molecular flexibility index (Phi) is 4.27. The molecule has 1 aliphatic heterocycles. The molecular formula is C16H10ClFN2OS. The summed E-state index contributed by atoms with van der Waals surface area (Å²) >= 11 is 7.06. The van der Waals surface area contributed by atoms with E-state index in [1.807, 2.05) is 0 Å². The van der Waals surface area contributed by atoms with Crippen molar-refractivity contribution in [1.29, 1.82) is 0 Å². The molecule has 3 rings (SSSR count). The first-order valence-electron chi connectivity index (χ1n) is 6.41. The van der Waals surface area contributed by atoms with Crippen molar-refractivity contribution in [3.05, 3.63) is 69.8 Å². The second-order valence-electron chi connectivity index (χ2n) is 4.51. The Morgan fingerprint density at radius 2 is 1.77 bits per heavy atom. The number of benzene rings is 2. The first kappa shape index (κ1) is 14.8. The third-order valence-electron chi connectivity index (χ3n) is 2.88. The maximum Gasteiger partial charge on any atom is 0.264 e. The summed E-state index contributed by atoms with van der Waals surface area (Å²) in [6, 6.07) is 12.9. The van der Waals surface area contributed by atoms with E-state index in [1.165, 1.54) is 23.9 Å². The standard InChI is InChI=1S/C16H10ClFN2OS/c17-11-3-7-13(8-4-11)19-16-20-15(21)14(22-16)9-10-1-5-12(18)6-2-10/h1-9H,(H,19,20,21). The zero-order valence-corrected chi connectivity index (χ0v) is 12.8. The number of rotatable bonds is 2. The summed E-state index contributed by atoms with van der Waals surface area (Å²) in [7, 11) is 0. The summed E-state index contributed by atoms with van der Waals surface area (Å²) in [5, 5.41) is 3.83. The van der Waals surface area contributed by atoms with Crippen molar-refractivity contribution in [2.24, 2.45) is 4.99 Å². The van der Waals surface area contributed by atoms with Crippen LogP contribution in [0.15, 0.2) is 58.4 Å². The first-order valence-corrected chi connectivity index (χ1v) is 7.60. The van der Waals surface area contributed by atoms with Gasteiger partial charge in [-0.25, -0.2) is 9.38 Å². The second-order valence-corrected chi connectivity index (χ2v) is 5.98. The number of halogens is 2. The highest BCUT2D eigenvalue weighted by molar-refractivity contribution is 8.18. The summed E-state index contributed by atoms with van der Waals surface area (Å²) in [6.07, 6.45) is 1.70. The maximum absolute atomic E-state index is 12.9. The largest absolute Gasteiger partial charge is 0.300 e. The van der Waals surface area contributed by atoms with Crippen LogP contribution >= 0.6 is 23.4 Å². The van der Waals surface area contributed by atoms with E-state index in [0.29, 0.717) is 20.8 Å². The Hall–Kier alpha value is -2.11. The van der Waals surface area contributed by atoms with Gasteiger partial charge in [0, 0.05) is 5.02 Å². The van der Waals surface area contributed by atoms with Gasteiger partial charge in [0.15, 0.2) is 5.17 Å². The van der Waals surface area contributed by atoms with Gasteiger partial charge in [-0.3, -0.25) is 4.79 Å². The fourth-order valence-corrected chi connectivity index (χ4v) is 2.79. The van der Waals surface area contributed by atoms with Crippen molar-refractivity contribution in [2.75, 3.05) is 0 Å². The van der Waals surface area contributed by atoms with Gasteiger partial charge in [-0.05, 0) is 59.8 Å². The number of nitrogens with one attached hydrogen (secondary N) is 1. The van der Waals surface area contributed by atoms with Crippen LogP contribution in [0.4, 0.5) is 10.1 Å². The van der Waals surface area contributed by atoms with Gasteiger partial charge in [0.1, 0.15) is 5.82 Å². The third-order valence-corrected chi connectivity index (χ3v) is 4.04. The van der Waals surface area contributed by atoms with Crippen LogP contribution in [0.2, 0.25) is 5.02 Å². The third kappa shape index (κ3) is 3.55. The predicted molar refractivity (Wildman–Crippen MR) is 88.7 cm³/mol. The van der Waals surface area contributed by atoms with Gasteiger partial charge in [-0.2, -0.15) is 0 Å². The van der Waals surface area contributed by atoms with Gasteiger partial charge < -0.3 is 5.32 Å². The molecule has 1 saturated heterocycles. The van der Waals surface area contributed by atoms with Gasteiger partial charge in [0.2, 0.25) is 0 Å². The number of hydrogen-bond acceptors (Lipinski definition) is 3. The van der Waals surface area contributed by atoms with Crippen molar-refractivity contribution in [3.63, 3.8) is 0 Å². The van der Waals surface area contributed by atoms with E-state index in [1.54, 1.807) is 42.5 Å². The van der Waals surface area contributed by atoms with E-state index in [-0.39, 0.29) is 11.7 Å². The molecule has 1 aliphatic rings. The molecule has 0 radical (unpaired) electrons. The lowest BCUT2D eigenvalue weighted by atomic mass is 10.2. The van der Waals surface area contributed by atoms with Crippen LogP contribution in [-0.4, -0.2) is 11.1 Å². The van der Waals surface area contributed by atoms with Gasteiger partial charge in [-0.1, -0.05) is 23.7 Å². The molecule has 0 unspecified atom stereocenters. The molecule has 2 aromatic carbocycles. The molecule has 1 N–H and O–H groups in total. The summed E-state index contributed by atoms with van der Waals surface area (Å²) in [5.74, 6) is -0.530. The van der Waals surface area contributed by atoms with Crippen LogP contribution in [0.25, 0.3) is 6.08 Å². The minimum Gasteiger partial charge on any atom is -0.300 e. The molecule has 22 heavy (non-hydrogen) atoms. The number of nitrogens with zero attached hydrogens (tertiary/aromatic N) is 1. The number of carbonyl (C=O) groups is 1. The number of carbonyl (C=O) groups excluding carboxylic acids is 1. The molecule has 0 spiro atoms. The average molecular weight is 333 g/mol. The van der Waals surface area contributed by atoms with E-state index in [4.69, 9.17) is 11.6 Å². The number of thioether (sulfide) groups is 1. The van der Waals surface area contributed by atoms with E-state index < -0.39 is 0 Å². The molecule has 1 fully saturated rings. The van der Waals surface area contributed by atoms with Gasteiger partial charge in [0.25, 0.3) is 5.91 Å². The Morgan fingerprint density at radius 1 is 1.09 bits per heavy atom. The molecule has 0 atom stereocenters. The van der Waals surface area contributed by atoms with Crippen LogP contribution in [0.1, 0.15) is 5.56 Å². The number of aliphatic imine (C=N–C) groups is 1. The average Bonchev–Trinajstić information content (AvgIpc) is 2.84. The molecule has 3 nitrogen and oxygen atoms in total. The second kappa shape index (κ2) is 6.34. The van der Waals surface area contributed by atoms with E-state index >= 15 is 0 Å². The molecule has 2 aromatic rings. The topological polar surface area (TPSA) is 41.5 Å². The Balaban J connectivity index is 1.80. The summed E-state index contributed by atoms with van der Waals surface area (Å²) in [6.45, 7) is 0. The highest BCUT2D eigenvalue weighted by Gasteiger charge is 2.23. The SMILES string of the molecule is O=C1NC(=Nc2ccc(Cl)cc2)SC1=Cc1ccc(F)cc1. The van der Waals surface area contributed by atoms with Crippen LogP contribution < -0.4 is 5.32 Å². The fraction of sp³-hybridized carbons (Fsp3) is 0. The van der Waals surface area contributed by atoms with Crippen LogP contribution in [0.3, 0.4) is 0 Å². The molecule has 6 heteroatoms. The number of hydrogen-bond donors (Lipinski definition) is 1. The van der Waals surface area contributed by atoms with E-state index in [2.05, 4.69) is 10.3 Å². The van der Waals surface area contributed by atoms with Gasteiger partial charge in [-0.15, -0.1) is 0 Å². The monoisotopic (exact) mass is 332 g/mol. The van der Waals surface area contributed by atoms with Crippen LogP contribution in [0.5, 0.6) is 0 Å². The summed E-state index contributed by atoms with van der Waals surface area (Å²) in [4.78, 5) is 16.8. The van der Waals surface area contributed by atoms with Crippen LogP contribution in [-0.2, 0) is 4.79 Å². The molecule has 0 aliphatic carbocycles. The van der Waals surface area contributed by atoms with Crippen molar-refractivity contribution in [3.8, 4) is 0 Å². The Bertz CT molecular complexity index is 770. The van der Waals surface area contributed by atoms with Crippen molar-refractivity contribution < 1.29 is 9.18 Å². The fourth-order valence-electron chi connectivity index (χ4n) is 1.82. The van der Waals surface area contributed by atoms with Gasteiger partial charge >= 0.3 is 0 Å². The normalized spacial score (nSPS) is 18.0. The number of amides is 1. The Morgan fingerprint density at radius 3 is 2.45 bits per heavy atom. The lowest BCUT2D eigenvalue weighted by Crippen LogP contribution is -2.19. The molecule has 0 aromatic heterocycles. The minimum absolute atomic E-state index is 0.220. The van der Waals surface area contributed by atoms with Crippen molar-refractivity contribution in [2.45, 2.75) is 0 Å². The zero-order chi connectivity index (χ0) is 15.5. The lowest BCUT2D eigenvalue weighted by molar-refractivity contribution is -0.115. The maximum atomic E-state index is 12.9. The summed E-state index contributed by atoms with van der Waals surface area (Å²) < 4.78 is 12.9. The zero-order valence-electron chi connectivity index (χ0n) is 11.2. The highest BCUT2D eigenvalue weighted by atomic mass is 35.5. The molecule has 110 valence electrons. The highest BCUT2D eigenvalue weighted by Crippen LogP contribution is 2.28. The quantitative estimate of drug-likeness (QED) is 0.830. The molecule has 1 amide bonds. The molecular weight excluding hydrogens is 323 g/mol.